The number of aryl methyl sites for hydroxylation is 2. The van der Waals surface area contributed by atoms with Crippen molar-refractivity contribution in [1.82, 2.24) is 0 Å². The van der Waals surface area contributed by atoms with Crippen molar-refractivity contribution in [2.45, 2.75) is 187 Å². The molecule has 2 rings (SSSR count). The van der Waals surface area contributed by atoms with E-state index in [0.29, 0.717) is 30.3 Å². The van der Waals surface area contributed by atoms with Crippen LogP contribution in [0.3, 0.4) is 0 Å². The number of ether oxygens (including phenoxy) is 3. The molecule has 1 saturated heterocycles. The van der Waals surface area contributed by atoms with Crippen LogP contribution in [0, 0.1) is 13.8 Å². The van der Waals surface area contributed by atoms with Crippen LogP contribution >= 0.6 is 7.82 Å². The number of nitrogens with zero attached hydrogens (tertiary/aromatic N) is 1. The fraction of sp³-hybridized carbons (Fsp3) is 0.750. The van der Waals surface area contributed by atoms with Gasteiger partial charge in [-0.15, -0.1) is 0 Å². The van der Waals surface area contributed by atoms with Crippen molar-refractivity contribution >= 4 is 19.8 Å². The molecule has 0 spiro atoms. The van der Waals surface area contributed by atoms with Crippen LogP contribution < -0.4 is 4.89 Å². The molecule has 1 aromatic rings. The molecule has 0 aliphatic carbocycles. The van der Waals surface area contributed by atoms with Crippen LogP contribution in [0.4, 0.5) is 0 Å². The molecule has 1 fully saturated rings. The summed E-state index contributed by atoms with van der Waals surface area (Å²) >= 11 is 0. The van der Waals surface area contributed by atoms with E-state index in [1.54, 1.807) is 0 Å². The third-order valence-electron chi connectivity index (χ3n) is 10.7. The number of hydrogen-bond donors (Lipinski definition) is 0. The van der Waals surface area contributed by atoms with Gasteiger partial charge < -0.3 is 37.1 Å². The number of allylic oxidation sites excluding steroid dienone is 4. The van der Waals surface area contributed by atoms with Crippen molar-refractivity contribution in [3.63, 3.8) is 0 Å². The number of hydrogen-bond acceptors (Lipinski definition) is 10. The molecule has 4 atom stereocenters. The Balaban J connectivity index is 1.64. The first kappa shape index (κ1) is 53.6. The second-order valence-electron chi connectivity index (χ2n) is 17.4. The molecule has 12 heteroatoms. The van der Waals surface area contributed by atoms with Gasteiger partial charge in [0.05, 0.1) is 40.0 Å². The van der Waals surface area contributed by atoms with E-state index in [-0.39, 0.29) is 38.3 Å². The maximum absolute atomic E-state index is 12.8. The highest BCUT2D eigenvalue weighted by Gasteiger charge is 2.36. The number of phosphoric ester groups is 1. The molecule has 11 nitrogen and oxygen atoms in total. The van der Waals surface area contributed by atoms with Crippen molar-refractivity contribution in [3.8, 4) is 0 Å². The molecule has 0 radical (unpaired) electrons. The van der Waals surface area contributed by atoms with Crippen LogP contribution in [0.25, 0.3) is 0 Å². The van der Waals surface area contributed by atoms with E-state index in [9.17, 15) is 19.0 Å². The number of likely N-dealkylation sites (N-methyl/N-ethyl adjacent to an activating group) is 1. The van der Waals surface area contributed by atoms with Crippen molar-refractivity contribution in [1.29, 1.82) is 0 Å². The minimum Gasteiger partial charge on any atom is -0.756 e. The van der Waals surface area contributed by atoms with E-state index >= 15 is 0 Å². The molecule has 0 amide bonds. The first-order valence-electron chi connectivity index (χ1n) is 23.2. The van der Waals surface area contributed by atoms with Crippen LogP contribution in [-0.2, 0) is 50.3 Å². The Morgan fingerprint density at radius 2 is 1.28 bits per heavy atom. The third-order valence-corrected chi connectivity index (χ3v) is 11.7. The maximum Gasteiger partial charge on any atom is 0.306 e. The summed E-state index contributed by atoms with van der Waals surface area (Å²) in [6.45, 7) is 8.33. The third kappa shape index (κ3) is 26.7. The Hall–Kier alpha value is -2.53. The summed E-state index contributed by atoms with van der Waals surface area (Å²) in [5.74, 6) is 1.35. The van der Waals surface area contributed by atoms with Gasteiger partial charge in [0.2, 0.25) is 0 Å². The SMILES string of the molecule is CCCCC/C=C\C/C=C\CC1OC1C/C=C\CCCC(=O)OC[C@H](COP(=O)([O-])OCC[N+](C)(C)C)OC(=O)CCCCCCCCCCc1oc(CCC)c(C)c1C. The molecule has 60 heavy (non-hydrogen) atoms. The summed E-state index contributed by atoms with van der Waals surface area (Å²) in [6, 6.07) is 0. The molecule has 0 aromatic carbocycles. The topological polar surface area (TPSA) is 137 Å². The lowest BCUT2D eigenvalue weighted by atomic mass is 10.0. The molecule has 1 aromatic heterocycles. The molecule has 0 bridgehead atoms. The molecular weight excluding hydrogens is 781 g/mol. The van der Waals surface area contributed by atoms with Crippen LogP contribution in [-0.4, -0.2) is 82.2 Å². The highest BCUT2D eigenvalue weighted by molar-refractivity contribution is 7.45. The first-order valence-corrected chi connectivity index (χ1v) is 24.6. The van der Waals surface area contributed by atoms with Crippen LogP contribution in [0.5, 0.6) is 0 Å². The van der Waals surface area contributed by atoms with Gasteiger partial charge in [-0.1, -0.05) is 102 Å². The number of unbranched alkanes of at least 4 members (excludes halogenated alkanes) is 11. The molecular formula is C48H82NO10P. The van der Waals surface area contributed by atoms with Gasteiger partial charge in [-0.05, 0) is 89.2 Å². The Morgan fingerprint density at radius 3 is 1.95 bits per heavy atom. The lowest BCUT2D eigenvalue weighted by Crippen LogP contribution is -2.37. The molecule has 1 aliphatic rings. The van der Waals surface area contributed by atoms with E-state index in [1.165, 1.54) is 43.2 Å². The van der Waals surface area contributed by atoms with Gasteiger partial charge in [-0.25, -0.2) is 0 Å². The van der Waals surface area contributed by atoms with E-state index in [0.717, 1.165) is 88.6 Å². The van der Waals surface area contributed by atoms with Crippen molar-refractivity contribution in [2.75, 3.05) is 47.5 Å². The molecule has 0 N–H and O–H groups in total. The molecule has 344 valence electrons. The highest BCUT2D eigenvalue weighted by Crippen LogP contribution is 2.38. The van der Waals surface area contributed by atoms with E-state index in [4.69, 9.17) is 27.7 Å². The van der Waals surface area contributed by atoms with Crippen molar-refractivity contribution in [3.05, 3.63) is 59.1 Å². The predicted molar refractivity (Wildman–Crippen MR) is 239 cm³/mol. The number of phosphoric acid groups is 1. The molecule has 1 aliphatic heterocycles. The molecule has 3 unspecified atom stereocenters. The highest BCUT2D eigenvalue weighted by atomic mass is 31.2. The minimum absolute atomic E-state index is 0.0502. The normalized spacial score (nSPS) is 17.2. The Bertz CT molecular complexity index is 1460. The summed E-state index contributed by atoms with van der Waals surface area (Å²) < 4.78 is 45.9. The summed E-state index contributed by atoms with van der Waals surface area (Å²) in [6.07, 6.45) is 33.3. The fourth-order valence-electron chi connectivity index (χ4n) is 6.73. The zero-order valence-corrected chi connectivity index (χ0v) is 39.5. The Kier molecular flexibility index (Phi) is 28.0. The standard InChI is InChI=1S/C48H82NO10P/c1-8-10-11-12-13-14-18-21-26-32-45-46(59-45)33-27-23-24-28-34-47(50)54-38-42(39-56-60(52,53)55-37-36-49(5,6)7)57-48(51)35-29-22-19-16-15-17-20-25-31-44-41(4)40(3)43(58-44)30-9-2/h13-14,21,23,26-27,42,45-46H,8-12,15-20,22,24-25,28-39H2,1-7H3/b14-13-,26-21-,27-23-/t42-,45?,46?/m1/s1. The van der Waals surface area contributed by atoms with Gasteiger partial charge in [0.25, 0.3) is 7.82 Å². The number of furan rings is 1. The number of epoxide rings is 1. The monoisotopic (exact) mass is 864 g/mol. The zero-order chi connectivity index (χ0) is 44.1. The number of rotatable bonds is 37. The smallest absolute Gasteiger partial charge is 0.306 e. The number of quaternary nitrogens is 1. The van der Waals surface area contributed by atoms with Gasteiger partial charge >= 0.3 is 11.9 Å². The number of carbonyl (C=O) groups is 2. The van der Waals surface area contributed by atoms with E-state index in [2.05, 4.69) is 64.2 Å². The quantitative estimate of drug-likeness (QED) is 0.0159. The summed E-state index contributed by atoms with van der Waals surface area (Å²) in [5, 5.41) is 0. The van der Waals surface area contributed by atoms with Crippen molar-refractivity contribution in [2.24, 2.45) is 0 Å². The van der Waals surface area contributed by atoms with Gasteiger partial charge in [0.15, 0.2) is 6.10 Å². The second kappa shape index (κ2) is 31.3. The zero-order valence-electron chi connectivity index (χ0n) is 38.6. The Morgan fingerprint density at radius 1 is 0.700 bits per heavy atom. The van der Waals surface area contributed by atoms with Crippen LogP contribution in [0.15, 0.2) is 40.9 Å². The van der Waals surface area contributed by atoms with Gasteiger partial charge in [0, 0.05) is 25.7 Å². The molecule has 2 heterocycles. The lowest BCUT2D eigenvalue weighted by molar-refractivity contribution is -0.870. The Labute approximate surface area is 363 Å². The average Bonchev–Trinajstić information content (AvgIpc) is 3.89. The predicted octanol–water partition coefficient (Wildman–Crippen LogP) is 10.9. The number of carbonyl (C=O) groups excluding carboxylic acids is 2. The summed E-state index contributed by atoms with van der Waals surface area (Å²) in [5.41, 5.74) is 2.61. The second-order valence-corrected chi connectivity index (χ2v) is 18.8. The number of esters is 2. The van der Waals surface area contributed by atoms with Gasteiger partial charge in [0.1, 0.15) is 31.3 Å². The summed E-state index contributed by atoms with van der Waals surface area (Å²) in [4.78, 5) is 37.7. The molecule has 0 saturated carbocycles. The maximum atomic E-state index is 12.8. The van der Waals surface area contributed by atoms with Gasteiger partial charge in [-0.2, -0.15) is 0 Å². The van der Waals surface area contributed by atoms with Crippen molar-refractivity contribution < 1.29 is 51.2 Å². The lowest BCUT2D eigenvalue weighted by Gasteiger charge is -2.28. The summed E-state index contributed by atoms with van der Waals surface area (Å²) in [7, 11) is 1.10. The van der Waals surface area contributed by atoms with E-state index < -0.39 is 32.5 Å². The first-order chi connectivity index (χ1) is 28.7. The average molecular weight is 864 g/mol. The minimum atomic E-state index is -4.66. The van der Waals surface area contributed by atoms with Crippen LogP contribution in [0.1, 0.15) is 165 Å². The van der Waals surface area contributed by atoms with E-state index in [1.807, 2.05) is 21.1 Å². The largest absolute Gasteiger partial charge is 0.756 e. The van der Waals surface area contributed by atoms with Gasteiger partial charge in [-0.3, -0.25) is 14.2 Å². The van der Waals surface area contributed by atoms with Crippen LogP contribution in [0.2, 0.25) is 0 Å². The fourth-order valence-corrected chi connectivity index (χ4v) is 7.46.